The molecule has 2 aromatic rings. The van der Waals surface area contributed by atoms with Crippen LogP contribution in [0.1, 0.15) is 22.3 Å². The van der Waals surface area contributed by atoms with Gasteiger partial charge in [0.1, 0.15) is 11.5 Å². The van der Waals surface area contributed by atoms with E-state index < -0.39 is 11.9 Å². The number of carbonyl (C=O) groups excluding carboxylic acids is 2. The molecule has 0 saturated heterocycles. The van der Waals surface area contributed by atoms with E-state index in [-0.39, 0.29) is 0 Å². The maximum absolute atomic E-state index is 11.5. The number of carbonyl (C=O) groups is 2. The van der Waals surface area contributed by atoms with Gasteiger partial charge in [-0.25, -0.2) is 9.59 Å². The lowest BCUT2D eigenvalue weighted by molar-refractivity contribution is -0.129. The van der Waals surface area contributed by atoms with E-state index in [1.54, 1.807) is 11.8 Å². The van der Waals surface area contributed by atoms with E-state index in [0.717, 1.165) is 44.2 Å². The minimum absolute atomic E-state index is 0.475. The average Bonchev–Trinajstić information content (AvgIpc) is 2.60. The summed E-state index contributed by atoms with van der Waals surface area (Å²) in [4.78, 5) is 25.0. The van der Waals surface area contributed by atoms with Gasteiger partial charge in [-0.1, -0.05) is 24.9 Å². The van der Waals surface area contributed by atoms with E-state index in [2.05, 4.69) is 13.2 Å². The molecule has 4 nitrogen and oxygen atoms in total. The summed E-state index contributed by atoms with van der Waals surface area (Å²) in [6.45, 7) is 14.4. The number of hydrogen-bond donors (Lipinski definition) is 0. The summed E-state index contributed by atoms with van der Waals surface area (Å²) in [7, 11) is 0. The second kappa shape index (κ2) is 8.73. The quantitative estimate of drug-likeness (QED) is 0.388. The van der Waals surface area contributed by atoms with Crippen molar-refractivity contribution >= 4 is 23.7 Å². The lowest BCUT2D eigenvalue weighted by Crippen LogP contribution is -2.06. The van der Waals surface area contributed by atoms with E-state index in [1.807, 2.05) is 52.0 Å². The Labute approximate surface area is 163 Å². The molecule has 0 heterocycles. The summed E-state index contributed by atoms with van der Waals surface area (Å²) in [6, 6.07) is 7.89. The van der Waals surface area contributed by atoms with Gasteiger partial charge in [-0.15, -0.1) is 0 Å². The molecule has 0 radical (unpaired) electrons. The standard InChI is InChI=1S/C22H22O4S/c1-7-19(23)25-21-13(3)9-17(10-14(21)4)27-18-11-15(5)22(16(6)12-18)26-20(24)8-2/h7-12H,1-2H2,3-6H3. The Bertz CT molecular complexity index is 806. The second-order valence-corrected chi connectivity index (χ2v) is 7.27. The minimum atomic E-state index is -0.475. The molecule has 2 aromatic carbocycles. The predicted octanol–water partition coefficient (Wildman–Crippen LogP) is 5.25. The van der Waals surface area contributed by atoms with Gasteiger partial charge >= 0.3 is 11.9 Å². The predicted molar refractivity (Wildman–Crippen MR) is 108 cm³/mol. The molecule has 0 aliphatic heterocycles. The van der Waals surface area contributed by atoms with E-state index >= 15 is 0 Å². The van der Waals surface area contributed by atoms with Gasteiger partial charge in [0.15, 0.2) is 0 Å². The molecular formula is C22H22O4S. The van der Waals surface area contributed by atoms with Crippen LogP contribution in [0.5, 0.6) is 11.5 Å². The van der Waals surface area contributed by atoms with Gasteiger partial charge in [-0.2, -0.15) is 0 Å². The number of aryl methyl sites for hydroxylation is 4. The molecule has 0 aromatic heterocycles. The van der Waals surface area contributed by atoms with E-state index in [1.165, 1.54) is 0 Å². The largest absolute Gasteiger partial charge is 0.423 e. The summed E-state index contributed by atoms with van der Waals surface area (Å²) in [5, 5.41) is 0. The molecule has 0 spiro atoms. The Kier molecular flexibility index (Phi) is 6.64. The number of benzene rings is 2. The van der Waals surface area contributed by atoms with Gasteiger partial charge < -0.3 is 9.47 Å². The Hall–Kier alpha value is -2.79. The molecule has 0 bridgehead atoms. The fraction of sp³-hybridized carbons (Fsp3) is 0.182. The second-order valence-electron chi connectivity index (χ2n) is 6.12. The molecule has 0 saturated carbocycles. The van der Waals surface area contributed by atoms with E-state index in [4.69, 9.17) is 9.47 Å². The monoisotopic (exact) mass is 382 g/mol. The molecule has 0 fully saturated rings. The first-order chi connectivity index (χ1) is 12.7. The highest BCUT2D eigenvalue weighted by molar-refractivity contribution is 7.99. The first-order valence-electron chi connectivity index (χ1n) is 8.34. The highest BCUT2D eigenvalue weighted by atomic mass is 32.2. The Morgan fingerprint density at radius 1 is 0.741 bits per heavy atom. The first-order valence-corrected chi connectivity index (χ1v) is 9.15. The average molecular weight is 382 g/mol. The highest BCUT2D eigenvalue weighted by Gasteiger charge is 2.13. The number of esters is 2. The lowest BCUT2D eigenvalue weighted by atomic mass is 10.1. The molecule has 0 atom stereocenters. The zero-order valence-corrected chi connectivity index (χ0v) is 16.7. The summed E-state index contributed by atoms with van der Waals surface area (Å²) < 4.78 is 10.6. The maximum Gasteiger partial charge on any atom is 0.335 e. The van der Waals surface area contributed by atoms with Crippen LogP contribution >= 0.6 is 11.8 Å². The third-order valence-corrected chi connectivity index (χ3v) is 4.78. The van der Waals surface area contributed by atoms with Crippen LogP contribution in [0.15, 0.2) is 59.4 Å². The molecule has 0 unspecified atom stereocenters. The van der Waals surface area contributed by atoms with Crippen LogP contribution in [-0.4, -0.2) is 11.9 Å². The molecular weight excluding hydrogens is 360 g/mol. The van der Waals surface area contributed by atoms with Gasteiger partial charge in [0.05, 0.1) is 0 Å². The zero-order valence-electron chi connectivity index (χ0n) is 15.9. The van der Waals surface area contributed by atoms with Crippen molar-refractivity contribution in [3.8, 4) is 11.5 Å². The topological polar surface area (TPSA) is 52.6 Å². The SMILES string of the molecule is C=CC(=O)Oc1c(C)cc(Sc2cc(C)c(OC(=O)C=C)c(C)c2)cc1C. The molecule has 0 amide bonds. The van der Waals surface area contributed by atoms with Crippen molar-refractivity contribution in [1.82, 2.24) is 0 Å². The molecule has 0 aliphatic rings. The molecule has 27 heavy (non-hydrogen) atoms. The van der Waals surface area contributed by atoms with Gasteiger partial charge in [-0.05, 0) is 74.2 Å². The van der Waals surface area contributed by atoms with Crippen LogP contribution < -0.4 is 9.47 Å². The van der Waals surface area contributed by atoms with Crippen LogP contribution in [0.4, 0.5) is 0 Å². The van der Waals surface area contributed by atoms with Gasteiger partial charge in [0.25, 0.3) is 0 Å². The lowest BCUT2D eigenvalue weighted by Gasteiger charge is -2.14. The maximum atomic E-state index is 11.5. The van der Waals surface area contributed by atoms with Crippen molar-refractivity contribution in [3.63, 3.8) is 0 Å². The fourth-order valence-electron chi connectivity index (χ4n) is 2.68. The molecule has 2 rings (SSSR count). The van der Waals surface area contributed by atoms with Gasteiger partial charge in [-0.3, -0.25) is 0 Å². The summed E-state index contributed by atoms with van der Waals surface area (Å²) >= 11 is 1.59. The van der Waals surface area contributed by atoms with E-state index in [0.29, 0.717) is 11.5 Å². The van der Waals surface area contributed by atoms with Crippen molar-refractivity contribution in [2.24, 2.45) is 0 Å². The van der Waals surface area contributed by atoms with Crippen molar-refractivity contribution < 1.29 is 19.1 Å². The molecule has 0 aliphatic carbocycles. The van der Waals surface area contributed by atoms with Crippen LogP contribution in [0, 0.1) is 27.7 Å². The third kappa shape index (κ3) is 5.11. The van der Waals surface area contributed by atoms with Crippen LogP contribution in [-0.2, 0) is 9.59 Å². The Morgan fingerprint density at radius 3 is 1.30 bits per heavy atom. The third-order valence-electron chi connectivity index (χ3n) is 3.84. The van der Waals surface area contributed by atoms with Crippen molar-refractivity contribution in [3.05, 3.63) is 71.8 Å². The number of rotatable bonds is 6. The number of ether oxygens (including phenoxy) is 2. The smallest absolute Gasteiger partial charge is 0.335 e. The van der Waals surface area contributed by atoms with E-state index in [9.17, 15) is 9.59 Å². The number of hydrogen-bond acceptors (Lipinski definition) is 5. The minimum Gasteiger partial charge on any atom is -0.423 e. The molecule has 5 heteroatoms. The Balaban J connectivity index is 2.29. The van der Waals surface area contributed by atoms with Crippen LogP contribution in [0.3, 0.4) is 0 Å². The molecule has 140 valence electrons. The van der Waals surface area contributed by atoms with Gasteiger partial charge in [0, 0.05) is 21.9 Å². The summed E-state index contributed by atoms with van der Waals surface area (Å²) in [5.41, 5.74) is 3.49. The Morgan fingerprint density at radius 2 is 1.04 bits per heavy atom. The van der Waals surface area contributed by atoms with Crippen molar-refractivity contribution in [2.75, 3.05) is 0 Å². The van der Waals surface area contributed by atoms with Crippen molar-refractivity contribution in [1.29, 1.82) is 0 Å². The summed E-state index contributed by atoms with van der Waals surface area (Å²) in [6.07, 6.45) is 2.29. The fourth-order valence-corrected chi connectivity index (χ4v) is 3.90. The highest BCUT2D eigenvalue weighted by Crippen LogP contribution is 2.36. The van der Waals surface area contributed by atoms with Crippen LogP contribution in [0.25, 0.3) is 0 Å². The normalized spacial score (nSPS) is 10.2. The van der Waals surface area contributed by atoms with Crippen LogP contribution in [0.2, 0.25) is 0 Å². The first kappa shape index (κ1) is 20.5. The zero-order chi connectivity index (χ0) is 20.1. The summed E-state index contributed by atoms with van der Waals surface area (Å²) in [5.74, 6) is 0.168. The molecule has 0 N–H and O–H groups in total. The van der Waals surface area contributed by atoms with Crippen molar-refractivity contribution in [2.45, 2.75) is 37.5 Å². The van der Waals surface area contributed by atoms with Gasteiger partial charge in [0.2, 0.25) is 0 Å².